The maximum Gasteiger partial charge on any atom is 0.268 e. The third kappa shape index (κ3) is 5.05. The number of nitrogens with one attached hydrogen (secondary N) is 1. The number of aromatic nitrogens is 2. The first-order valence-electron chi connectivity index (χ1n) is 9.39. The quantitative estimate of drug-likeness (QED) is 0.327. The van der Waals surface area contributed by atoms with Gasteiger partial charge in [-0.1, -0.05) is 40.9 Å². The van der Waals surface area contributed by atoms with Crippen LogP contribution in [0.1, 0.15) is 16.1 Å². The number of nitrogens with zero attached hydrogens (tertiary/aromatic N) is 2. The van der Waals surface area contributed by atoms with Gasteiger partial charge in [0.2, 0.25) is 0 Å². The normalized spacial score (nSPS) is 10.8. The Morgan fingerprint density at radius 1 is 1.00 bits per heavy atom. The minimum atomic E-state index is -0.346. The van der Waals surface area contributed by atoms with Crippen LogP contribution >= 0.6 is 34.8 Å². The number of amides is 1. The molecule has 0 atom stereocenters. The predicted octanol–water partition coefficient (Wildman–Crippen LogP) is 6.69. The molecule has 32 heavy (non-hydrogen) atoms. The third-order valence-corrected chi connectivity index (χ3v) is 5.35. The molecule has 0 spiro atoms. The maximum absolute atomic E-state index is 13.0. The van der Waals surface area contributed by atoms with E-state index in [1.165, 1.54) is 30.5 Å². The van der Waals surface area contributed by atoms with Gasteiger partial charge in [-0.3, -0.25) is 9.36 Å². The zero-order valence-corrected chi connectivity index (χ0v) is 18.6. The van der Waals surface area contributed by atoms with Crippen molar-refractivity contribution in [2.75, 3.05) is 0 Å². The molecule has 5 nitrogen and oxygen atoms in total. The summed E-state index contributed by atoms with van der Waals surface area (Å²) in [6.07, 6.45) is 3.14. The van der Waals surface area contributed by atoms with E-state index in [1.54, 1.807) is 47.2 Å². The largest absolute Gasteiger partial charge is 0.457 e. The summed E-state index contributed by atoms with van der Waals surface area (Å²) in [4.78, 5) is 17.0. The number of halogens is 4. The number of hydrogen-bond donors (Lipinski definition) is 1. The van der Waals surface area contributed by atoms with Crippen molar-refractivity contribution >= 4 is 40.7 Å². The molecule has 2 aromatic heterocycles. The molecule has 0 aliphatic rings. The maximum atomic E-state index is 13.0. The fourth-order valence-corrected chi connectivity index (χ4v) is 3.68. The molecule has 0 fully saturated rings. The molecule has 4 rings (SSSR count). The van der Waals surface area contributed by atoms with Crippen LogP contribution in [0.15, 0.2) is 73.1 Å². The lowest BCUT2D eigenvalue weighted by Gasteiger charge is -2.12. The monoisotopic (exact) mass is 489 g/mol. The van der Waals surface area contributed by atoms with E-state index in [0.29, 0.717) is 43.6 Å². The summed E-state index contributed by atoms with van der Waals surface area (Å²) in [7, 11) is 0. The molecule has 0 saturated heterocycles. The highest BCUT2D eigenvalue weighted by atomic mass is 35.5. The van der Waals surface area contributed by atoms with Gasteiger partial charge in [0.15, 0.2) is 5.82 Å². The van der Waals surface area contributed by atoms with Gasteiger partial charge in [0.05, 0.1) is 10.0 Å². The van der Waals surface area contributed by atoms with E-state index in [9.17, 15) is 9.18 Å². The number of hydrogen-bond acceptors (Lipinski definition) is 3. The summed E-state index contributed by atoms with van der Waals surface area (Å²) >= 11 is 18.5. The molecule has 0 unspecified atom stereocenters. The van der Waals surface area contributed by atoms with Gasteiger partial charge in [0.1, 0.15) is 23.0 Å². The van der Waals surface area contributed by atoms with E-state index in [1.807, 2.05) is 0 Å². The van der Waals surface area contributed by atoms with Crippen molar-refractivity contribution in [3.05, 3.63) is 105 Å². The second-order valence-corrected chi connectivity index (χ2v) is 7.97. The second kappa shape index (κ2) is 9.61. The highest BCUT2D eigenvalue weighted by Gasteiger charge is 2.15. The summed E-state index contributed by atoms with van der Waals surface area (Å²) < 4.78 is 20.3. The van der Waals surface area contributed by atoms with E-state index in [2.05, 4.69) is 10.3 Å². The fourth-order valence-electron chi connectivity index (χ4n) is 2.97. The number of benzene rings is 2. The van der Waals surface area contributed by atoms with Crippen LogP contribution < -0.4 is 10.1 Å². The first-order valence-corrected chi connectivity index (χ1v) is 10.5. The van der Waals surface area contributed by atoms with Crippen molar-refractivity contribution in [1.82, 2.24) is 14.9 Å². The molecule has 162 valence electrons. The van der Waals surface area contributed by atoms with E-state index in [0.717, 1.165) is 0 Å². The Kier molecular flexibility index (Phi) is 6.65. The minimum absolute atomic E-state index is 0.196. The topological polar surface area (TPSA) is 56.1 Å². The molecule has 2 heterocycles. The lowest BCUT2D eigenvalue weighted by atomic mass is 10.2. The van der Waals surface area contributed by atoms with E-state index >= 15 is 0 Å². The van der Waals surface area contributed by atoms with Gasteiger partial charge < -0.3 is 10.1 Å². The summed E-state index contributed by atoms with van der Waals surface area (Å²) in [6.45, 7) is 0.196. The van der Waals surface area contributed by atoms with Crippen LogP contribution in [0.3, 0.4) is 0 Å². The van der Waals surface area contributed by atoms with Crippen molar-refractivity contribution in [3.8, 4) is 17.3 Å². The van der Waals surface area contributed by atoms with Crippen molar-refractivity contribution in [2.45, 2.75) is 6.54 Å². The van der Waals surface area contributed by atoms with Crippen LogP contribution in [0.25, 0.3) is 5.82 Å². The lowest BCUT2D eigenvalue weighted by molar-refractivity contribution is 0.0944. The summed E-state index contributed by atoms with van der Waals surface area (Å²) in [5.41, 5.74) is 1.06. The number of carbonyl (C=O) groups excluding carboxylic acids is 1. The van der Waals surface area contributed by atoms with E-state index in [4.69, 9.17) is 39.5 Å². The number of rotatable bonds is 6. The highest BCUT2D eigenvalue weighted by Crippen LogP contribution is 2.27. The van der Waals surface area contributed by atoms with Crippen molar-refractivity contribution in [1.29, 1.82) is 0 Å². The second-order valence-electron chi connectivity index (χ2n) is 6.71. The summed E-state index contributed by atoms with van der Waals surface area (Å²) in [5, 5.41) is 3.98. The average Bonchev–Trinajstić information content (AvgIpc) is 3.24. The van der Waals surface area contributed by atoms with Crippen LogP contribution in [0.5, 0.6) is 11.5 Å². The molecule has 0 aliphatic carbocycles. The van der Waals surface area contributed by atoms with E-state index < -0.39 is 0 Å². The number of carbonyl (C=O) groups is 1. The van der Waals surface area contributed by atoms with Crippen LogP contribution in [0.2, 0.25) is 15.1 Å². The Bertz CT molecular complexity index is 1280. The molecule has 0 radical (unpaired) electrons. The molecule has 1 N–H and O–H groups in total. The molecule has 0 bridgehead atoms. The summed E-state index contributed by atoms with van der Waals surface area (Å²) in [6, 6.07) is 15.7. The predicted molar refractivity (Wildman–Crippen MR) is 123 cm³/mol. The Morgan fingerprint density at radius 3 is 2.47 bits per heavy atom. The molecular formula is C23H15Cl3FN3O2. The van der Waals surface area contributed by atoms with Gasteiger partial charge in [-0.05, 0) is 60.2 Å². The number of ether oxygens (including phenoxy) is 1. The lowest BCUT2D eigenvalue weighted by Crippen LogP contribution is -2.25. The SMILES string of the molecule is O=C(NCc1ccc(Oc2ccc(F)cc2)cc1Cl)c1cccn1-c1ncc(Cl)cc1Cl. The Morgan fingerprint density at radius 2 is 1.75 bits per heavy atom. The van der Waals surface area contributed by atoms with Crippen molar-refractivity contribution in [3.63, 3.8) is 0 Å². The highest BCUT2D eigenvalue weighted by molar-refractivity contribution is 6.35. The Balaban J connectivity index is 1.44. The fraction of sp³-hybridized carbons (Fsp3) is 0.0435. The molecule has 0 saturated carbocycles. The Labute approximate surface area is 198 Å². The minimum Gasteiger partial charge on any atom is -0.457 e. The third-order valence-electron chi connectivity index (χ3n) is 4.51. The van der Waals surface area contributed by atoms with Crippen LogP contribution in [0, 0.1) is 5.82 Å². The molecule has 9 heteroatoms. The molecule has 0 aliphatic heterocycles. The first kappa shape index (κ1) is 22.1. The van der Waals surface area contributed by atoms with Crippen LogP contribution in [-0.4, -0.2) is 15.5 Å². The van der Waals surface area contributed by atoms with Gasteiger partial charge in [0, 0.05) is 24.0 Å². The van der Waals surface area contributed by atoms with Gasteiger partial charge in [-0.25, -0.2) is 9.37 Å². The summed E-state index contributed by atoms with van der Waals surface area (Å²) in [5.74, 6) is 0.701. The average molecular weight is 491 g/mol. The van der Waals surface area contributed by atoms with Gasteiger partial charge in [-0.2, -0.15) is 0 Å². The number of pyridine rings is 1. The van der Waals surface area contributed by atoms with Crippen molar-refractivity contribution in [2.24, 2.45) is 0 Å². The standard InChI is InChI=1S/C23H15Cl3FN3O2/c24-15-10-20(26)22(28-13-15)30-9-1-2-21(30)23(31)29-12-14-3-6-18(11-19(14)25)32-17-7-4-16(27)5-8-17/h1-11,13H,12H2,(H,29,31). The van der Waals surface area contributed by atoms with Gasteiger partial charge >= 0.3 is 0 Å². The molecule has 4 aromatic rings. The Hall–Kier alpha value is -3.06. The smallest absolute Gasteiger partial charge is 0.268 e. The molecular weight excluding hydrogens is 476 g/mol. The zero-order chi connectivity index (χ0) is 22.7. The first-order chi connectivity index (χ1) is 15.4. The van der Waals surface area contributed by atoms with Crippen molar-refractivity contribution < 1.29 is 13.9 Å². The van der Waals surface area contributed by atoms with Gasteiger partial charge in [0.25, 0.3) is 5.91 Å². The molecule has 2 aromatic carbocycles. The zero-order valence-electron chi connectivity index (χ0n) is 16.4. The van der Waals surface area contributed by atoms with Crippen LogP contribution in [-0.2, 0) is 6.54 Å². The van der Waals surface area contributed by atoms with Crippen LogP contribution in [0.4, 0.5) is 4.39 Å². The van der Waals surface area contributed by atoms with Gasteiger partial charge in [-0.15, -0.1) is 0 Å². The van der Waals surface area contributed by atoms with E-state index in [-0.39, 0.29) is 18.3 Å². The molecule has 1 amide bonds.